The van der Waals surface area contributed by atoms with E-state index < -0.39 is 0 Å². The number of hydrogen-bond acceptors (Lipinski definition) is 3. The summed E-state index contributed by atoms with van der Waals surface area (Å²) in [4.78, 5) is 0. The maximum atomic E-state index is 5.28. The van der Waals surface area contributed by atoms with Gasteiger partial charge in [0.2, 0.25) is 0 Å². The smallest absolute Gasteiger partial charge is 0.164 e. The van der Waals surface area contributed by atoms with E-state index >= 15 is 0 Å². The molecule has 0 amide bonds. The van der Waals surface area contributed by atoms with E-state index in [0.717, 1.165) is 17.3 Å². The fourth-order valence-electron chi connectivity index (χ4n) is 1.22. The maximum absolute atomic E-state index is 5.28. The normalized spacial score (nSPS) is 9.77. The highest BCUT2D eigenvalue weighted by molar-refractivity contribution is 7.97. The number of methoxy groups -OCH3 is 2. The molecule has 0 heterocycles. The summed E-state index contributed by atoms with van der Waals surface area (Å²) in [5.74, 6) is 2.59. The SMILES string of the molecule is COc1cccc(CSC)c1OC. The predicted octanol–water partition coefficient (Wildman–Crippen LogP) is 2.57. The molecule has 13 heavy (non-hydrogen) atoms. The van der Waals surface area contributed by atoms with Crippen molar-refractivity contribution in [2.75, 3.05) is 20.5 Å². The average molecular weight is 198 g/mol. The Morgan fingerprint density at radius 3 is 2.54 bits per heavy atom. The van der Waals surface area contributed by atoms with Gasteiger partial charge < -0.3 is 9.47 Å². The number of benzene rings is 1. The molecule has 0 aromatic heterocycles. The van der Waals surface area contributed by atoms with Crippen LogP contribution in [0.1, 0.15) is 5.56 Å². The Bertz CT molecular complexity index is 274. The van der Waals surface area contributed by atoms with E-state index in [1.54, 1.807) is 26.0 Å². The van der Waals surface area contributed by atoms with E-state index in [4.69, 9.17) is 9.47 Å². The Hall–Kier alpha value is -0.830. The molecule has 72 valence electrons. The Labute approximate surface area is 83.2 Å². The van der Waals surface area contributed by atoms with E-state index in [0.29, 0.717) is 0 Å². The molecular formula is C10H14O2S. The minimum atomic E-state index is 0.800. The molecule has 0 atom stereocenters. The molecule has 0 N–H and O–H groups in total. The van der Waals surface area contributed by atoms with Gasteiger partial charge >= 0.3 is 0 Å². The van der Waals surface area contributed by atoms with Gasteiger partial charge in [-0.1, -0.05) is 12.1 Å². The van der Waals surface area contributed by atoms with Crippen molar-refractivity contribution in [1.29, 1.82) is 0 Å². The van der Waals surface area contributed by atoms with E-state index in [-0.39, 0.29) is 0 Å². The van der Waals surface area contributed by atoms with Crippen LogP contribution in [-0.2, 0) is 5.75 Å². The highest BCUT2D eigenvalue weighted by Crippen LogP contribution is 2.32. The number of hydrogen-bond donors (Lipinski definition) is 0. The Kier molecular flexibility index (Phi) is 3.96. The molecule has 0 saturated carbocycles. The first-order valence-electron chi connectivity index (χ1n) is 4.02. The van der Waals surface area contributed by atoms with Crippen molar-refractivity contribution >= 4 is 11.8 Å². The summed E-state index contributed by atoms with van der Waals surface area (Å²) in [6.07, 6.45) is 2.07. The number of thioether (sulfide) groups is 1. The second kappa shape index (κ2) is 5.02. The second-order valence-electron chi connectivity index (χ2n) is 2.59. The van der Waals surface area contributed by atoms with Crippen molar-refractivity contribution in [2.24, 2.45) is 0 Å². The van der Waals surface area contributed by atoms with Gasteiger partial charge in [0.25, 0.3) is 0 Å². The lowest BCUT2D eigenvalue weighted by molar-refractivity contribution is 0.352. The van der Waals surface area contributed by atoms with Crippen LogP contribution >= 0.6 is 11.8 Å². The van der Waals surface area contributed by atoms with Crippen LogP contribution < -0.4 is 9.47 Å². The summed E-state index contributed by atoms with van der Waals surface area (Å²) in [6.45, 7) is 0. The first-order valence-corrected chi connectivity index (χ1v) is 5.41. The molecule has 0 saturated heterocycles. The van der Waals surface area contributed by atoms with Gasteiger partial charge in [-0.3, -0.25) is 0 Å². The first-order chi connectivity index (χ1) is 6.33. The van der Waals surface area contributed by atoms with Crippen LogP contribution in [0.3, 0.4) is 0 Å². The lowest BCUT2D eigenvalue weighted by atomic mass is 10.2. The van der Waals surface area contributed by atoms with E-state index in [1.165, 1.54) is 5.56 Å². The van der Waals surface area contributed by atoms with Crippen molar-refractivity contribution in [3.05, 3.63) is 23.8 Å². The molecule has 1 rings (SSSR count). The summed E-state index contributed by atoms with van der Waals surface area (Å²) >= 11 is 1.77. The highest BCUT2D eigenvalue weighted by Gasteiger charge is 2.07. The average Bonchev–Trinajstić information content (AvgIpc) is 2.18. The van der Waals surface area contributed by atoms with Gasteiger partial charge in [0.1, 0.15) is 0 Å². The van der Waals surface area contributed by atoms with Crippen molar-refractivity contribution < 1.29 is 9.47 Å². The molecule has 0 fully saturated rings. The largest absolute Gasteiger partial charge is 0.493 e. The zero-order chi connectivity index (χ0) is 9.68. The van der Waals surface area contributed by atoms with E-state index in [9.17, 15) is 0 Å². The summed E-state index contributed by atoms with van der Waals surface area (Å²) in [5.41, 5.74) is 1.18. The Morgan fingerprint density at radius 2 is 2.00 bits per heavy atom. The van der Waals surface area contributed by atoms with Crippen LogP contribution in [0.2, 0.25) is 0 Å². The minimum absolute atomic E-state index is 0.800. The summed E-state index contributed by atoms with van der Waals surface area (Å²) in [5, 5.41) is 0. The van der Waals surface area contributed by atoms with Crippen LogP contribution in [0.4, 0.5) is 0 Å². The van der Waals surface area contributed by atoms with Crippen LogP contribution in [-0.4, -0.2) is 20.5 Å². The Balaban J connectivity index is 3.03. The number of rotatable bonds is 4. The molecule has 0 bridgehead atoms. The summed E-state index contributed by atoms with van der Waals surface area (Å²) < 4.78 is 10.5. The van der Waals surface area contributed by atoms with Crippen LogP contribution in [0.15, 0.2) is 18.2 Å². The van der Waals surface area contributed by atoms with Crippen molar-refractivity contribution in [3.8, 4) is 11.5 Å². The standard InChI is InChI=1S/C10H14O2S/c1-11-9-6-4-5-8(7-13-3)10(9)12-2/h4-6H,7H2,1-3H3. The Morgan fingerprint density at radius 1 is 1.23 bits per heavy atom. The summed E-state index contributed by atoms with van der Waals surface area (Å²) in [6, 6.07) is 5.94. The second-order valence-corrected chi connectivity index (χ2v) is 3.45. The van der Waals surface area contributed by atoms with Gasteiger partial charge in [-0.05, 0) is 12.3 Å². The molecule has 1 aromatic rings. The third kappa shape index (κ3) is 2.31. The van der Waals surface area contributed by atoms with Gasteiger partial charge in [-0.2, -0.15) is 11.8 Å². The van der Waals surface area contributed by atoms with Crippen molar-refractivity contribution in [1.82, 2.24) is 0 Å². The fraction of sp³-hybridized carbons (Fsp3) is 0.400. The summed E-state index contributed by atoms with van der Waals surface area (Å²) in [7, 11) is 3.32. The zero-order valence-electron chi connectivity index (χ0n) is 8.16. The third-order valence-electron chi connectivity index (χ3n) is 1.78. The topological polar surface area (TPSA) is 18.5 Å². The van der Waals surface area contributed by atoms with E-state index in [2.05, 4.69) is 12.3 Å². The molecular weight excluding hydrogens is 184 g/mol. The minimum Gasteiger partial charge on any atom is -0.493 e. The molecule has 0 aliphatic carbocycles. The van der Waals surface area contributed by atoms with E-state index in [1.807, 2.05) is 12.1 Å². The fourth-order valence-corrected chi connectivity index (χ4v) is 1.76. The highest BCUT2D eigenvalue weighted by atomic mass is 32.2. The van der Waals surface area contributed by atoms with Gasteiger partial charge in [-0.25, -0.2) is 0 Å². The zero-order valence-corrected chi connectivity index (χ0v) is 8.98. The molecule has 0 radical (unpaired) electrons. The number of ether oxygens (including phenoxy) is 2. The van der Waals surface area contributed by atoms with Crippen molar-refractivity contribution in [2.45, 2.75) is 5.75 Å². The quantitative estimate of drug-likeness (QED) is 0.740. The van der Waals surface area contributed by atoms with Gasteiger partial charge in [0.15, 0.2) is 11.5 Å². The van der Waals surface area contributed by atoms with Crippen LogP contribution in [0.5, 0.6) is 11.5 Å². The van der Waals surface area contributed by atoms with Gasteiger partial charge in [-0.15, -0.1) is 0 Å². The third-order valence-corrected chi connectivity index (χ3v) is 2.38. The van der Waals surface area contributed by atoms with Gasteiger partial charge in [0, 0.05) is 11.3 Å². The molecule has 2 nitrogen and oxygen atoms in total. The number of para-hydroxylation sites is 1. The predicted molar refractivity (Wildman–Crippen MR) is 56.8 cm³/mol. The molecule has 1 aromatic carbocycles. The molecule has 0 spiro atoms. The van der Waals surface area contributed by atoms with Crippen LogP contribution in [0.25, 0.3) is 0 Å². The monoisotopic (exact) mass is 198 g/mol. The lowest BCUT2D eigenvalue weighted by Gasteiger charge is -2.11. The van der Waals surface area contributed by atoms with Crippen LogP contribution in [0, 0.1) is 0 Å². The maximum Gasteiger partial charge on any atom is 0.164 e. The van der Waals surface area contributed by atoms with Crippen molar-refractivity contribution in [3.63, 3.8) is 0 Å². The molecule has 0 aliphatic heterocycles. The molecule has 0 aliphatic rings. The lowest BCUT2D eigenvalue weighted by Crippen LogP contribution is -1.94. The van der Waals surface area contributed by atoms with Gasteiger partial charge in [0.05, 0.1) is 14.2 Å². The molecule has 3 heteroatoms. The molecule has 0 unspecified atom stereocenters. The first kappa shape index (κ1) is 10.3.